The number of rotatable bonds is 3. The maximum atomic E-state index is 2.72. The molecule has 1 aromatic heterocycles. The van der Waals surface area contributed by atoms with E-state index in [9.17, 15) is 0 Å². The summed E-state index contributed by atoms with van der Waals surface area (Å²) in [5.41, 5.74) is 5.97. The van der Waals surface area contributed by atoms with E-state index >= 15 is 0 Å². The Bertz CT molecular complexity index is 944. The van der Waals surface area contributed by atoms with Crippen molar-refractivity contribution in [2.24, 2.45) is 0 Å². The van der Waals surface area contributed by atoms with Crippen LogP contribution >= 0.6 is 11.3 Å². The molecule has 0 amide bonds. The van der Waals surface area contributed by atoms with Gasteiger partial charge in [-0.1, -0.05) is 35.9 Å². The van der Waals surface area contributed by atoms with Gasteiger partial charge in [0.25, 0.3) is 0 Å². The molecule has 0 spiro atoms. The Balaban J connectivity index is 1.45. The van der Waals surface area contributed by atoms with Gasteiger partial charge in [-0.05, 0) is 67.4 Å². The molecule has 5 rings (SSSR count). The molecule has 2 nitrogen and oxygen atoms in total. The lowest BCUT2D eigenvalue weighted by molar-refractivity contribution is 0.231. The van der Waals surface area contributed by atoms with Crippen LogP contribution in [-0.2, 0) is 6.42 Å². The van der Waals surface area contributed by atoms with Gasteiger partial charge in [0.05, 0.1) is 0 Å². The Morgan fingerprint density at radius 2 is 2.04 bits per heavy atom. The van der Waals surface area contributed by atoms with Crippen LogP contribution in [-0.4, -0.2) is 37.6 Å². The van der Waals surface area contributed by atoms with Crippen molar-refractivity contribution >= 4 is 27.1 Å². The summed E-state index contributed by atoms with van der Waals surface area (Å²) in [7, 11) is 2.27. The highest BCUT2D eigenvalue weighted by Gasteiger charge is 2.40. The number of aryl methyl sites for hydroxylation is 1. The molecule has 1 saturated heterocycles. The summed E-state index contributed by atoms with van der Waals surface area (Å²) in [6.07, 6.45) is 2.41. The van der Waals surface area contributed by atoms with Crippen LogP contribution in [0.5, 0.6) is 0 Å². The number of benzene rings is 2. The van der Waals surface area contributed by atoms with Crippen molar-refractivity contribution in [2.75, 3.05) is 31.6 Å². The minimum absolute atomic E-state index is 0.669. The Hall–Kier alpha value is -1.84. The monoisotopic (exact) mass is 362 g/mol. The molecule has 3 heteroatoms. The lowest BCUT2D eigenvalue weighted by atomic mass is 9.89. The molecule has 2 unspecified atom stereocenters. The molecule has 0 N–H and O–H groups in total. The van der Waals surface area contributed by atoms with E-state index in [1.807, 2.05) is 11.3 Å². The number of likely N-dealkylation sites (N-methyl/N-ethyl adjacent to an activating group) is 1. The summed E-state index contributed by atoms with van der Waals surface area (Å²) >= 11 is 1.88. The average molecular weight is 363 g/mol. The molecule has 0 radical (unpaired) electrons. The van der Waals surface area contributed by atoms with Gasteiger partial charge in [0.2, 0.25) is 0 Å². The smallest absolute Gasteiger partial charge is 0.0405 e. The van der Waals surface area contributed by atoms with E-state index in [1.165, 1.54) is 46.4 Å². The second-order valence-electron chi connectivity index (χ2n) is 7.99. The zero-order valence-electron chi connectivity index (χ0n) is 15.6. The van der Waals surface area contributed by atoms with E-state index in [1.54, 1.807) is 5.56 Å². The molecule has 2 aliphatic heterocycles. The van der Waals surface area contributed by atoms with Gasteiger partial charge >= 0.3 is 0 Å². The third-order valence-corrected chi connectivity index (χ3v) is 7.27. The Morgan fingerprint density at radius 3 is 2.96 bits per heavy atom. The molecule has 1 fully saturated rings. The van der Waals surface area contributed by atoms with Crippen molar-refractivity contribution in [3.8, 4) is 0 Å². The van der Waals surface area contributed by atoms with Crippen molar-refractivity contribution in [2.45, 2.75) is 31.7 Å². The number of hydrogen-bond acceptors (Lipinski definition) is 3. The van der Waals surface area contributed by atoms with Gasteiger partial charge in [-0.15, -0.1) is 11.3 Å². The maximum absolute atomic E-state index is 2.72. The summed E-state index contributed by atoms with van der Waals surface area (Å²) in [4.78, 5) is 5.22. The molecule has 2 atom stereocenters. The van der Waals surface area contributed by atoms with E-state index in [0.29, 0.717) is 12.0 Å². The highest BCUT2D eigenvalue weighted by Crippen LogP contribution is 2.45. The molecule has 134 valence electrons. The predicted molar refractivity (Wildman–Crippen MR) is 113 cm³/mol. The first kappa shape index (κ1) is 16.3. The lowest BCUT2D eigenvalue weighted by Crippen LogP contribution is -2.45. The summed E-state index contributed by atoms with van der Waals surface area (Å²) in [6.45, 7) is 5.76. The normalized spacial score (nSPS) is 22.6. The lowest BCUT2D eigenvalue weighted by Gasteiger charge is -2.37. The number of fused-ring (bicyclic) bond motifs is 4. The fraction of sp³-hybridized carbons (Fsp3) is 0.391. The van der Waals surface area contributed by atoms with Crippen molar-refractivity contribution < 1.29 is 0 Å². The van der Waals surface area contributed by atoms with Crippen LogP contribution in [0.3, 0.4) is 0 Å². The first-order valence-corrected chi connectivity index (χ1v) is 10.6. The fourth-order valence-electron chi connectivity index (χ4n) is 4.95. The molecule has 3 aromatic rings. The first-order chi connectivity index (χ1) is 12.7. The van der Waals surface area contributed by atoms with Gasteiger partial charge in [0.1, 0.15) is 0 Å². The van der Waals surface area contributed by atoms with E-state index in [4.69, 9.17) is 0 Å². The first-order valence-electron chi connectivity index (χ1n) is 9.71. The molecule has 0 bridgehead atoms. The second-order valence-corrected chi connectivity index (χ2v) is 8.90. The predicted octanol–water partition coefficient (Wildman–Crippen LogP) is 5.06. The number of anilines is 1. The van der Waals surface area contributed by atoms with E-state index < -0.39 is 0 Å². The van der Waals surface area contributed by atoms with Gasteiger partial charge < -0.3 is 9.80 Å². The number of nitrogens with zero attached hydrogens (tertiary/aromatic N) is 2. The summed E-state index contributed by atoms with van der Waals surface area (Å²) in [5, 5.41) is 3.81. The fourth-order valence-corrected chi connectivity index (χ4v) is 5.94. The van der Waals surface area contributed by atoms with Gasteiger partial charge in [-0.3, -0.25) is 0 Å². The zero-order valence-corrected chi connectivity index (χ0v) is 16.4. The van der Waals surface area contributed by atoms with Gasteiger partial charge in [-0.2, -0.15) is 0 Å². The quantitative estimate of drug-likeness (QED) is 0.642. The van der Waals surface area contributed by atoms with E-state index in [-0.39, 0.29) is 0 Å². The van der Waals surface area contributed by atoms with E-state index in [2.05, 4.69) is 71.6 Å². The van der Waals surface area contributed by atoms with Crippen molar-refractivity contribution in [1.29, 1.82) is 0 Å². The van der Waals surface area contributed by atoms with E-state index in [0.717, 1.165) is 13.0 Å². The van der Waals surface area contributed by atoms with Gasteiger partial charge in [0, 0.05) is 35.4 Å². The van der Waals surface area contributed by atoms with Crippen LogP contribution in [0.1, 0.15) is 29.0 Å². The topological polar surface area (TPSA) is 6.48 Å². The number of hydrogen-bond donors (Lipinski definition) is 0. The molecule has 0 aliphatic carbocycles. The molecular formula is C23H26N2S. The standard InChI is InChI=1S/C23H26N2S/c1-16-7-8-21-19(13-16)20-14-24(2)11-10-22(20)25(21)12-9-17-15-26-23-6-4-3-5-18(17)23/h3-8,13,15,20,22H,9-12,14H2,1-2H3. The minimum atomic E-state index is 0.669. The van der Waals surface area contributed by atoms with Crippen LogP contribution < -0.4 is 4.90 Å². The zero-order chi connectivity index (χ0) is 17.7. The van der Waals surface area contributed by atoms with Crippen LogP contribution in [0.15, 0.2) is 47.8 Å². The van der Waals surface area contributed by atoms with Gasteiger partial charge in [0.15, 0.2) is 0 Å². The third kappa shape index (κ3) is 2.65. The summed E-state index contributed by atoms with van der Waals surface area (Å²) in [6, 6.07) is 16.6. The Morgan fingerprint density at radius 1 is 1.15 bits per heavy atom. The summed E-state index contributed by atoms with van der Waals surface area (Å²) in [5.74, 6) is 0.669. The van der Waals surface area contributed by atoms with Crippen LogP contribution in [0.4, 0.5) is 5.69 Å². The Kier molecular flexibility index (Phi) is 4.02. The highest BCUT2D eigenvalue weighted by atomic mass is 32.1. The average Bonchev–Trinajstić information content (AvgIpc) is 3.19. The second kappa shape index (κ2) is 6.40. The number of thiophene rings is 1. The summed E-state index contributed by atoms with van der Waals surface area (Å²) < 4.78 is 1.41. The molecule has 2 aliphatic rings. The largest absolute Gasteiger partial charge is 0.367 e. The maximum Gasteiger partial charge on any atom is 0.0405 e. The Labute approximate surface area is 160 Å². The minimum Gasteiger partial charge on any atom is -0.367 e. The highest BCUT2D eigenvalue weighted by molar-refractivity contribution is 7.17. The van der Waals surface area contributed by atoms with Gasteiger partial charge in [-0.25, -0.2) is 0 Å². The SMILES string of the molecule is Cc1ccc2c(c1)C1CN(C)CCC1N2CCc1csc2ccccc12. The van der Waals surface area contributed by atoms with Crippen molar-refractivity contribution in [1.82, 2.24) is 4.90 Å². The molecule has 3 heterocycles. The molecule has 2 aromatic carbocycles. The molecule has 0 saturated carbocycles. The number of piperidine rings is 1. The van der Waals surface area contributed by atoms with Crippen molar-refractivity contribution in [3.63, 3.8) is 0 Å². The van der Waals surface area contributed by atoms with Crippen LogP contribution in [0, 0.1) is 6.92 Å². The third-order valence-electron chi connectivity index (χ3n) is 6.25. The molecular weight excluding hydrogens is 336 g/mol. The van der Waals surface area contributed by atoms with Crippen LogP contribution in [0.2, 0.25) is 0 Å². The number of likely N-dealkylation sites (tertiary alicyclic amines) is 1. The van der Waals surface area contributed by atoms with Crippen LogP contribution in [0.25, 0.3) is 10.1 Å². The van der Waals surface area contributed by atoms with Crippen molar-refractivity contribution in [3.05, 3.63) is 64.5 Å². The molecule has 26 heavy (non-hydrogen) atoms.